The standard InChI is InChI=1S/C14H31N3O/c1-4-16(5-2)12-9-15-14(13-18)7-10-17(6-3)11-8-14/h15,18H,4-13H2,1-3H3. The van der Waals surface area contributed by atoms with Crippen LogP contribution < -0.4 is 5.32 Å². The number of nitrogens with one attached hydrogen (secondary N) is 1. The number of rotatable bonds is 8. The molecule has 1 fully saturated rings. The summed E-state index contributed by atoms with van der Waals surface area (Å²) in [5, 5.41) is 13.3. The van der Waals surface area contributed by atoms with Crippen molar-refractivity contribution in [3.05, 3.63) is 0 Å². The second-order valence-electron chi connectivity index (χ2n) is 5.33. The maximum atomic E-state index is 9.69. The van der Waals surface area contributed by atoms with Crippen LogP contribution in [0, 0.1) is 0 Å². The van der Waals surface area contributed by atoms with E-state index >= 15 is 0 Å². The lowest BCUT2D eigenvalue weighted by atomic mass is 9.88. The predicted octanol–water partition coefficient (Wildman–Crippen LogP) is 0.765. The summed E-state index contributed by atoms with van der Waals surface area (Å²) >= 11 is 0. The zero-order valence-corrected chi connectivity index (χ0v) is 12.4. The number of likely N-dealkylation sites (tertiary alicyclic amines) is 1. The second kappa shape index (κ2) is 8.10. The zero-order chi connectivity index (χ0) is 13.4. The lowest BCUT2D eigenvalue weighted by Crippen LogP contribution is -2.57. The monoisotopic (exact) mass is 257 g/mol. The van der Waals surface area contributed by atoms with E-state index in [0.717, 1.165) is 58.7 Å². The van der Waals surface area contributed by atoms with E-state index in [1.807, 2.05) is 0 Å². The van der Waals surface area contributed by atoms with Gasteiger partial charge >= 0.3 is 0 Å². The molecule has 0 radical (unpaired) electrons. The molecule has 108 valence electrons. The minimum absolute atomic E-state index is 0.0289. The van der Waals surface area contributed by atoms with Crippen LogP contribution in [-0.4, -0.2) is 72.9 Å². The fraction of sp³-hybridized carbons (Fsp3) is 1.00. The maximum Gasteiger partial charge on any atom is 0.0614 e. The van der Waals surface area contributed by atoms with Crippen molar-refractivity contribution in [2.45, 2.75) is 39.2 Å². The molecule has 4 nitrogen and oxygen atoms in total. The van der Waals surface area contributed by atoms with Crippen molar-refractivity contribution in [1.82, 2.24) is 15.1 Å². The van der Waals surface area contributed by atoms with E-state index in [-0.39, 0.29) is 12.1 Å². The first-order valence-corrected chi connectivity index (χ1v) is 7.50. The molecule has 0 aromatic heterocycles. The van der Waals surface area contributed by atoms with Crippen LogP contribution in [0.4, 0.5) is 0 Å². The molecule has 2 N–H and O–H groups in total. The van der Waals surface area contributed by atoms with Crippen molar-refractivity contribution in [1.29, 1.82) is 0 Å². The molecule has 1 heterocycles. The van der Waals surface area contributed by atoms with Crippen LogP contribution in [0.2, 0.25) is 0 Å². The molecule has 18 heavy (non-hydrogen) atoms. The highest BCUT2D eigenvalue weighted by molar-refractivity contribution is 4.92. The van der Waals surface area contributed by atoms with Gasteiger partial charge in [0.15, 0.2) is 0 Å². The molecule has 0 bridgehead atoms. The van der Waals surface area contributed by atoms with Gasteiger partial charge in [0.05, 0.1) is 6.61 Å². The molecule has 0 aromatic carbocycles. The van der Waals surface area contributed by atoms with Crippen LogP contribution in [-0.2, 0) is 0 Å². The van der Waals surface area contributed by atoms with E-state index < -0.39 is 0 Å². The van der Waals surface area contributed by atoms with E-state index in [2.05, 4.69) is 35.9 Å². The summed E-state index contributed by atoms with van der Waals surface area (Å²) in [6.45, 7) is 14.5. The quantitative estimate of drug-likeness (QED) is 0.673. The molecule has 4 heteroatoms. The summed E-state index contributed by atoms with van der Waals surface area (Å²) in [5.74, 6) is 0. The first-order valence-electron chi connectivity index (χ1n) is 7.50. The molecule has 1 rings (SSSR count). The van der Waals surface area contributed by atoms with Gasteiger partial charge in [0.2, 0.25) is 0 Å². The number of hydrogen-bond acceptors (Lipinski definition) is 4. The van der Waals surface area contributed by atoms with Gasteiger partial charge in [0, 0.05) is 18.6 Å². The number of nitrogens with zero attached hydrogens (tertiary/aromatic N) is 2. The predicted molar refractivity (Wildman–Crippen MR) is 77.0 cm³/mol. The number of likely N-dealkylation sites (N-methyl/N-ethyl adjacent to an activating group) is 1. The number of piperidine rings is 1. The summed E-state index contributed by atoms with van der Waals surface area (Å²) in [6, 6.07) is 0. The SMILES string of the molecule is CCN(CC)CCNC1(CO)CCN(CC)CC1. The van der Waals surface area contributed by atoms with Gasteiger partial charge in [-0.05, 0) is 45.6 Å². The smallest absolute Gasteiger partial charge is 0.0614 e. The Labute approximate surface area is 112 Å². The van der Waals surface area contributed by atoms with Crippen molar-refractivity contribution in [2.75, 3.05) is 52.4 Å². The minimum atomic E-state index is -0.0289. The molecule has 0 spiro atoms. The molecular weight excluding hydrogens is 226 g/mol. The van der Waals surface area contributed by atoms with Crippen LogP contribution in [0.1, 0.15) is 33.6 Å². The molecular formula is C14H31N3O. The Balaban J connectivity index is 2.33. The Morgan fingerprint density at radius 3 is 2.22 bits per heavy atom. The summed E-state index contributed by atoms with van der Waals surface area (Å²) in [6.07, 6.45) is 2.13. The van der Waals surface area contributed by atoms with Gasteiger partial charge in [-0.3, -0.25) is 0 Å². The Kier molecular flexibility index (Phi) is 7.15. The molecule has 0 aliphatic carbocycles. The highest BCUT2D eigenvalue weighted by atomic mass is 16.3. The Morgan fingerprint density at radius 1 is 1.17 bits per heavy atom. The van der Waals surface area contributed by atoms with E-state index in [9.17, 15) is 5.11 Å². The maximum absolute atomic E-state index is 9.69. The molecule has 0 unspecified atom stereocenters. The second-order valence-corrected chi connectivity index (χ2v) is 5.33. The largest absolute Gasteiger partial charge is 0.394 e. The third-order valence-electron chi connectivity index (χ3n) is 4.39. The van der Waals surface area contributed by atoms with Crippen molar-refractivity contribution in [3.8, 4) is 0 Å². The number of aliphatic hydroxyl groups is 1. The highest BCUT2D eigenvalue weighted by Crippen LogP contribution is 2.21. The molecule has 1 saturated heterocycles. The number of aliphatic hydroxyl groups excluding tert-OH is 1. The first-order chi connectivity index (χ1) is 8.69. The van der Waals surface area contributed by atoms with E-state index in [4.69, 9.17) is 0 Å². The Hall–Kier alpha value is -0.160. The molecule has 1 aliphatic heterocycles. The average Bonchev–Trinajstić information content (AvgIpc) is 2.44. The summed E-state index contributed by atoms with van der Waals surface area (Å²) in [4.78, 5) is 4.87. The summed E-state index contributed by atoms with van der Waals surface area (Å²) < 4.78 is 0. The lowest BCUT2D eigenvalue weighted by molar-refractivity contribution is 0.0788. The van der Waals surface area contributed by atoms with Crippen LogP contribution in [0.15, 0.2) is 0 Å². The highest BCUT2D eigenvalue weighted by Gasteiger charge is 2.32. The van der Waals surface area contributed by atoms with E-state index in [1.165, 1.54) is 0 Å². The Bertz CT molecular complexity index is 211. The van der Waals surface area contributed by atoms with Gasteiger partial charge in [-0.15, -0.1) is 0 Å². The van der Waals surface area contributed by atoms with Crippen LogP contribution in [0.5, 0.6) is 0 Å². The van der Waals surface area contributed by atoms with Gasteiger partial charge in [0.1, 0.15) is 0 Å². The fourth-order valence-electron chi connectivity index (χ4n) is 2.71. The van der Waals surface area contributed by atoms with Crippen LogP contribution >= 0.6 is 0 Å². The van der Waals surface area contributed by atoms with Gasteiger partial charge in [-0.25, -0.2) is 0 Å². The Morgan fingerprint density at radius 2 is 1.78 bits per heavy atom. The molecule has 0 atom stereocenters. The van der Waals surface area contributed by atoms with Gasteiger partial charge < -0.3 is 20.2 Å². The topological polar surface area (TPSA) is 38.7 Å². The third-order valence-corrected chi connectivity index (χ3v) is 4.39. The fourth-order valence-corrected chi connectivity index (χ4v) is 2.71. The lowest BCUT2D eigenvalue weighted by Gasteiger charge is -2.41. The van der Waals surface area contributed by atoms with Gasteiger partial charge in [-0.2, -0.15) is 0 Å². The van der Waals surface area contributed by atoms with Gasteiger partial charge in [-0.1, -0.05) is 20.8 Å². The van der Waals surface area contributed by atoms with Gasteiger partial charge in [0.25, 0.3) is 0 Å². The minimum Gasteiger partial charge on any atom is -0.394 e. The molecule has 1 aliphatic rings. The van der Waals surface area contributed by atoms with Crippen LogP contribution in [0.25, 0.3) is 0 Å². The summed E-state index contributed by atoms with van der Waals surface area (Å²) in [5.41, 5.74) is -0.0289. The van der Waals surface area contributed by atoms with Crippen molar-refractivity contribution in [3.63, 3.8) is 0 Å². The summed E-state index contributed by atoms with van der Waals surface area (Å²) in [7, 11) is 0. The average molecular weight is 257 g/mol. The number of hydrogen-bond donors (Lipinski definition) is 2. The van der Waals surface area contributed by atoms with Crippen molar-refractivity contribution >= 4 is 0 Å². The van der Waals surface area contributed by atoms with Crippen molar-refractivity contribution < 1.29 is 5.11 Å². The normalized spacial score (nSPS) is 20.5. The molecule has 0 saturated carbocycles. The van der Waals surface area contributed by atoms with Crippen molar-refractivity contribution in [2.24, 2.45) is 0 Å². The van der Waals surface area contributed by atoms with E-state index in [0.29, 0.717) is 0 Å². The van der Waals surface area contributed by atoms with E-state index in [1.54, 1.807) is 0 Å². The molecule has 0 aromatic rings. The zero-order valence-electron chi connectivity index (χ0n) is 12.4. The first kappa shape index (κ1) is 15.9. The van der Waals surface area contributed by atoms with Crippen LogP contribution in [0.3, 0.4) is 0 Å². The third kappa shape index (κ3) is 4.50. The molecule has 0 amide bonds.